The van der Waals surface area contributed by atoms with Crippen molar-refractivity contribution in [1.82, 2.24) is 0 Å². The van der Waals surface area contributed by atoms with Crippen molar-refractivity contribution in [2.45, 2.75) is 31.8 Å². The summed E-state index contributed by atoms with van der Waals surface area (Å²) in [5, 5.41) is 0. The lowest BCUT2D eigenvalue weighted by Crippen LogP contribution is -2.09. The van der Waals surface area contributed by atoms with Gasteiger partial charge in [-0.05, 0) is 25.2 Å². The first-order valence-electron chi connectivity index (χ1n) is 3.57. The van der Waals surface area contributed by atoms with Crippen LogP contribution in [0.25, 0.3) is 0 Å². The molecule has 46 valence electrons. The zero-order chi connectivity index (χ0) is 5.40. The average molecular weight is 112 g/mol. The van der Waals surface area contributed by atoms with Gasteiger partial charge in [0.05, 0.1) is 6.10 Å². The first-order chi connectivity index (χ1) is 3.95. The van der Waals surface area contributed by atoms with Gasteiger partial charge in [0, 0.05) is 6.61 Å². The molecule has 0 aromatic rings. The molecule has 0 N–H and O–H groups in total. The Hall–Kier alpha value is -0.0400. The van der Waals surface area contributed by atoms with Crippen molar-refractivity contribution < 1.29 is 4.74 Å². The SMILES string of the molecule is C1CC2COC(C1)C2. The first kappa shape index (κ1) is 4.80. The summed E-state index contributed by atoms with van der Waals surface area (Å²) >= 11 is 0. The molecule has 1 aliphatic carbocycles. The smallest absolute Gasteiger partial charge is 0.0578 e. The molecule has 1 nitrogen and oxygen atoms in total. The second-order valence-corrected chi connectivity index (χ2v) is 2.99. The molecule has 2 bridgehead atoms. The Bertz CT molecular complexity index is 76.4. The van der Waals surface area contributed by atoms with Crippen LogP contribution in [0.1, 0.15) is 25.7 Å². The minimum atomic E-state index is 0.661. The summed E-state index contributed by atoms with van der Waals surface area (Å²) in [6, 6.07) is 0. The third kappa shape index (κ3) is 0.655. The van der Waals surface area contributed by atoms with E-state index in [1.54, 1.807) is 0 Å². The van der Waals surface area contributed by atoms with Crippen molar-refractivity contribution in [2.24, 2.45) is 5.92 Å². The van der Waals surface area contributed by atoms with Gasteiger partial charge in [-0.25, -0.2) is 0 Å². The van der Waals surface area contributed by atoms with Crippen LogP contribution in [0.15, 0.2) is 0 Å². The van der Waals surface area contributed by atoms with E-state index >= 15 is 0 Å². The summed E-state index contributed by atoms with van der Waals surface area (Å²) in [4.78, 5) is 0. The van der Waals surface area contributed by atoms with Gasteiger partial charge in [0.25, 0.3) is 0 Å². The Morgan fingerprint density at radius 2 is 2.25 bits per heavy atom. The molecule has 8 heavy (non-hydrogen) atoms. The second kappa shape index (κ2) is 1.73. The van der Waals surface area contributed by atoms with E-state index in [2.05, 4.69) is 0 Å². The van der Waals surface area contributed by atoms with Crippen LogP contribution in [0.4, 0.5) is 0 Å². The first-order valence-corrected chi connectivity index (χ1v) is 3.57. The van der Waals surface area contributed by atoms with Gasteiger partial charge in [-0.3, -0.25) is 0 Å². The third-order valence-corrected chi connectivity index (χ3v) is 2.30. The highest BCUT2D eigenvalue weighted by molar-refractivity contribution is 4.78. The van der Waals surface area contributed by atoms with Crippen molar-refractivity contribution in [3.05, 3.63) is 0 Å². The van der Waals surface area contributed by atoms with Crippen LogP contribution in [-0.2, 0) is 4.74 Å². The highest BCUT2D eigenvalue weighted by Crippen LogP contribution is 2.32. The molecule has 0 aromatic carbocycles. The largest absolute Gasteiger partial charge is 0.378 e. The van der Waals surface area contributed by atoms with E-state index in [1.807, 2.05) is 0 Å². The molecule has 0 radical (unpaired) electrons. The van der Waals surface area contributed by atoms with Crippen molar-refractivity contribution in [3.8, 4) is 0 Å². The maximum atomic E-state index is 5.48. The Morgan fingerprint density at radius 3 is 3.00 bits per heavy atom. The van der Waals surface area contributed by atoms with Gasteiger partial charge in [0.15, 0.2) is 0 Å². The predicted molar refractivity (Wildman–Crippen MR) is 31.7 cm³/mol. The molecule has 1 heterocycles. The maximum absolute atomic E-state index is 5.48. The normalized spacial score (nSPS) is 45.0. The van der Waals surface area contributed by atoms with Crippen LogP contribution in [0.5, 0.6) is 0 Å². The molecule has 0 amide bonds. The number of fused-ring (bicyclic) bond motifs is 2. The van der Waals surface area contributed by atoms with Crippen molar-refractivity contribution in [1.29, 1.82) is 0 Å². The van der Waals surface area contributed by atoms with Gasteiger partial charge < -0.3 is 4.74 Å². The zero-order valence-corrected chi connectivity index (χ0v) is 5.10. The molecule has 0 aromatic heterocycles. The topological polar surface area (TPSA) is 9.23 Å². The minimum Gasteiger partial charge on any atom is -0.378 e. The zero-order valence-electron chi connectivity index (χ0n) is 5.10. The molecule has 2 aliphatic rings. The summed E-state index contributed by atoms with van der Waals surface area (Å²) in [5.74, 6) is 0.939. The van der Waals surface area contributed by atoms with Crippen LogP contribution in [0.2, 0.25) is 0 Å². The van der Waals surface area contributed by atoms with Gasteiger partial charge in [0.2, 0.25) is 0 Å². The highest BCUT2D eigenvalue weighted by Gasteiger charge is 2.28. The maximum Gasteiger partial charge on any atom is 0.0578 e. The lowest BCUT2D eigenvalue weighted by atomic mass is 9.91. The number of hydrogen-bond acceptors (Lipinski definition) is 1. The van der Waals surface area contributed by atoms with Crippen LogP contribution < -0.4 is 0 Å². The summed E-state index contributed by atoms with van der Waals surface area (Å²) in [6.45, 7) is 1.06. The van der Waals surface area contributed by atoms with Crippen molar-refractivity contribution >= 4 is 0 Å². The fraction of sp³-hybridized carbons (Fsp3) is 1.00. The van der Waals surface area contributed by atoms with E-state index in [-0.39, 0.29) is 0 Å². The standard InChI is InChI=1S/C7H12O/c1-2-6-4-7(3-1)8-5-6/h6-7H,1-5H2. The molecule has 1 saturated heterocycles. The fourth-order valence-corrected chi connectivity index (χ4v) is 1.82. The molecule has 0 spiro atoms. The summed E-state index contributed by atoms with van der Waals surface area (Å²) in [5.41, 5.74) is 0. The molecule has 1 heteroatoms. The van der Waals surface area contributed by atoms with Gasteiger partial charge in [-0.2, -0.15) is 0 Å². The van der Waals surface area contributed by atoms with E-state index in [0.29, 0.717) is 6.10 Å². The van der Waals surface area contributed by atoms with E-state index in [0.717, 1.165) is 12.5 Å². The van der Waals surface area contributed by atoms with E-state index in [1.165, 1.54) is 25.7 Å². The average Bonchev–Trinajstić information content (AvgIpc) is 2.12. The minimum absolute atomic E-state index is 0.661. The second-order valence-electron chi connectivity index (χ2n) is 2.99. The van der Waals surface area contributed by atoms with Gasteiger partial charge >= 0.3 is 0 Å². The molecule has 2 unspecified atom stereocenters. The van der Waals surface area contributed by atoms with Gasteiger partial charge in [0.1, 0.15) is 0 Å². The summed E-state index contributed by atoms with van der Waals surface area (Å²) < 4.78 is 5.48. The summed E-state index contributed by atoms with van der Waals surface area (Å²) in [6.07, 6.45) is 6.19. The summed E-state index contributed by atoms with van der Waals surface area (Å²) in [7, 11) is 0. The Labute approximate surface area is 50.0 Å². The molecule has 1 saturated carbocycles. The highest BCUT2D eigenvalue weighted by atomic mass is 16.5. The molecule has 2 rings (SSSR count). The Balaban J connectivity index is 2.03. The number of rotatable bonds is 0. The van der Waals surface area contributed by atoms with E-state index in [9.17, 15) is 0 Å². The number of hydrogen-bond donors (Lipinski definition) is 0. The molecular formula is C7H12O. The Kier molecular flexibility index (Phi) is 1.04. The van der Waals surface area contributed by atoms with Gasteiger partial charge in [-0.1, -0.05) is 6.42 Å². The number of ether oxygens (including phenoxy) is 1. The third-order valence-electron chi connectivity index (χ3n) is 2.30. The quantitative estimate of drug-likeness (QED) is 0.462. The van der Waals surface area contributed by atoms with Crippen LogP contribution in [0.3, 0.4) is 0 Å². The molecular weight excluding hydrogens is 100 g/mol. The Morgan fingerprint density at radius 1 is 1.25 bits per heavy atom. The van der Waals surface area contributed by atoms with Crippen LogP contribution in [-0.4, -0.2) is 12.7 Å². The van der Waals surface area contributed by atoms with E-state index < -0.39 is 0 Å². The van der Waals surface area contributed by atoms with Crippen molar-refractivity contribution in [2.75, 3.05) is 6.61 Å². The van der Waals surface area contributed by atoms with E-state index in [4.69, 9.17) is 4.74 Å². The van der Waals surface area contributed by atoms with Gasteiger partial charge in [-0.15, -0.1) is 0 Å². The fourth-order valence-electron chi connectivity index (χ4n) is 1.82. The predicted octanol–water partition coefficient (Wildman–Crippen LogP) is 1.58. The van der Waals surface area contributed by atoms with Crippen LogP contribution >= 0.6 is 0 Å². The molecule has 1 aliphatic heterocycles. The lowest BCUT2D eigenvalue weighted by molar-refractivity contribution is 0.107. The monoisotopic (exact) mass is 112 g/mol. The molecule has 2 fully saturated rings. The van der Waals surface area contributed by atoms with Crippen LogP contribution in [0, 0.1) is 5.92 Å². The van der Waals surface area contributed by atoms with Crippen molar-refractivity contribution in [3.63, 3.8) is 0 Å². The lowest BCUT2D eigenvalue weighted by Gasteiger charge is -2.14. The molecule has 2 atom stereocenters.